The minimum Gasteiger partial charge on any atom is -0.318 e. The second kappa shape index (κ2) is 4.73. The van der Waals surface area contributed by atoms with Crippen molar-refractivity contribution in [1.29, 1.82) is 5.26 Å². The highest BCUT2D eigenvalue weighted by Gasteiger charge is 2.16. The lowest BCUT2D eigenvalue weighted by molar-refractivity contribution is 0.345. The Balaban J connectivity index is 3.67. The zero-order valence-electron chi connectivity index (χ0n) is 5.71. The Morgan fingerprint density at radius 3 is 2.80 bits per heavy atom. The molecular formula is C5H9ClNO2P. The molecule has 0 fully saturated rings. The van der Waals surface area contributed by atoms with Crippen molar-refractivity contribution >= 4 is 18.0 Å². The molecule has 0 aliphatic rings. The summed E-state index contributed by atoms with van der Waals surface area (Å²) in [5, 5.41) is 8.11. The summed E-state index contributed by atoms with van der Waals surface area (Å²) in [6.45, 7) is -0.924. The van der Waals surface area contributed by atoms with Crippen molar-refractivity contribution in [2.24, 2.45) is 0 Å². The fourth-order valence-corrected chi connectivity index (χ4v) is 1.87. The predicted octanol–water partition coefficient (Wildman–Crippen LogP) is 2.37. The van der Waals surface area contributed by atoms with Crippen LogP contribution in [0.15, 0.2) is 0 Å². The Labute approximate surface area is 65.2 Å². The normalized spacial score (nSPS) is 15.7. The van der Waals surface area contributed by atoms with E-state index in [0.29, 0.717) is 6.61 Å². The first-order valence-corrected chi connectivity index (χ1v) is 5.64. The molecule has 0 aromatic heterocycles. The predicted molar refractivity (Wildman–Crippen MR) is 40.2 cm³/mol. The fraction of sp³-hybridized carbons (Fsp3) is 0.800. The zero-order chi connectivity index (χ0) is 8.04. The first-order valence-electron chi connectivity index (χ1n) is 2.92. The van der Waals surface area contributed by atoms with Gasteiger partial charge in [0.15, 0.2) is 0 Å². The maximum atomic E-state index is 11.0. The van der Waals surface area contributed by atoms with Crippen molar-refractivity contribution in [3.8, 4) is 6.07 Å². The summed E-state index contributed by atoms with van der Waals surface area (Å²) in [4.78, 5) is 0. The second-order valence-corrected chi connectivity index (χ2v) is 5.07. The number of rotatable bonds is 4. The summed E-state index contributed by atoms with van der Waals surface area (Å²) < 4.78 is 15.7. The molecule has 5 heteroatoms. The molecule has 58 valence electrons. The average molecular weight is 182 g/mol. The van der Waals surface area contributed by atoms with Crippen LogP contribution >= 0.6 is 18.0 Å². The molecule has 0 amide bonds. The third-order valence-corrected chi connectivity index (χ3v) is 3.01. The van der Waals surface area contributed by atoms with Crippen molar-refractivity contribution in [3.63, 3.8) is 0 Å². The fourth-order valence-electron chi connectivity index (χ4n) is 0.441. The Morgan fingerprint density at radius 1 is 1.80 bits per heavy atom. The minimum atomic E-state index is -2.96. The molecule has 1 unspecified atom stereocenters. The largest absolute Gasteiger partial charge is 0.318 e. The lowest BCUT2D eigenvalue weighted by Gasteiger charge is -2.05. The highest BCUT2D eigenvalue weighted by molar-refractivity contribution is 7.85. The van der Waals surface area contributed by atoms with Crippen LogP contribution in [0.1, 0.15) is 13.3 Å². The SMILES string of the molecule is CCOP(=O)(Cl)CCC#N. The van der Waals surface area contributed by atoms with E-state index >= 15 is 0 Å². The molecule has 1 atom stereocenters. The van der Waals surface area contributed by atoms with Gasteiger partial charge in [-0.05, 0) is 18.2 Å². The van der Waals surface area contributed by atoms with Gasteiger partial charge in [0, 0.05) is 6.42 Å². The van der Waals surface area contributed by atoms with Crippen LogP contribution in [-0.4, -0.2) is 12.8 Å². The minimum absolute atomic E-state index is 0.138. The molecule has 0 saturated heterocycles. The van der Waals surface area contributed by atoms with Crippen molar-refractivity contribution < 1.29 is 9.09 Å². The maximum Gasteiger partial charge on any atom is 0.291 e. The van der Waals surface area contributed by atoms with E-state index < -0.39 is 6.72 Å². The summed E-state index contributed by atoms with van der Waals surface area (Å²) in [5.74, 6) is 0. The van der Waals surface area contributed by atoms with Gasteiger partial charge in [-0.25, -0.2) is 0 Å². The standard InChI is InChI=1S/C5H9ClNO2P/c1-2-9-10(6,8)5-3-4-7/h2-3,5H2,1H3. The van der Waals surface area contributed by atoms with Gasteiger partial charge in [-0.1, -0.05) is 0 Å². The summed E-state index contributed by atoms with van der Waals surface area (Å²) in [5.41, 5.74) is 0. The van der Waals surface area contributed by atoms with E-state index in [2.05, 4.69) is 0 Å². The third kappa shape index (κ3) is 4.81. The molecule has 0 rings (SSSR count). The van der Waals surface area contributed by atoms with Crippen LogP contribution in [0.5, 0.6) is 0 Å². The summed E-state index contributed by atoms with van der Waals surface area (Å²) >= 11 is 5.40. The molecule has 0 N–H and O–H groups in total. The van der Waals surface area contributed by atoms with Crippen LogP contribution < -0.4 is 0 Å². The molecule has 0 aromatic carbocycles. The first-order chi connectivity index (χ1) is 4.62. The van der Waals surface area contributed by atoms with Gasteiger partial charge in [-0.3, -0.25) is 4.57 Å². The Hall–Kier alpha value is -0.0300. The Bertz CT molecular complexity index is 177. The molecule has 10 heavy (non-hydrogen) atoms. The number of hydrogen-bond acceptors (Lipinski definition) is 3. The van der Waals surface area contributed by atoms with Gasteiger partial charge in [-0.15, -0.1) is 0 Å². The van der Waals surface area contributed by atoms with E-state index in [4.69, 9.17) is 21.0 Å². The maximum absolute atomic E-state index is 11.0. The third-order valence-electron chi connectivity index (χ3n) is 0.813. The van der Waals surface area contributed by atoms with Gasteiger partial charge in [0.25, 0.3) is 6.72 Å². The van der Waals surface area contributed by atoms with Gasteiger partial charge < -0.3 is 4.52 Å². The highest BCUT2D eigenvalue weighted by atomic mass is 35.7. The molecule has 0 bridgehead atoms. The summed E-state index contributed by atoms with van der Waals surface area (Å²) in [7, 11) is 0. The van der Waals surface area contributed by atoms with Gasteiger partial charge >= 0.3 is 0 Å². The Kier molecular flexibility index (Phi) is 4.72. The van der Waals surface area contributed by atoms with Crippen LogP contribution in [0.2, 0.25) is 0 Å². The van der Waals surface area contributed by atoms with Crippen molar-refractivity contribution in [2.75, 3.05) is 12.8 Å². The van der Waals surface area contributed by atoms with E-state index in [-0.39, 0.29) is 12.6 Å². The van der Waals surface area contributed by atoms with E-state index in [9.17, 15) is 4.57 Å². The molecule has 0 radical (unpaired) electrons. The lowest BCUT2D eigenvalue weighted by Crippen LogP contribution is -1.88. The van der Waals surface area contributed by atoms with E-state index in [1.54, 1.807) is 6.92 Å². The van der Waals surface area contributed by atoms with Crippen LogP contribution in [0.3, 0.4) is 0 Å². The van der Waals surface area contributed by atoms with Crippen LogP contribution in [0.25, 0.3) is 0 Å². The molecule has 0 aliphatic heterocycles. The van der Waals surface area contributed by atoms with E-state index in [1.807, 2.05) is 6.07 Å². The Morgan fingerprint density at radius 2 is 2.40 bits per heavy atom. The van der Waals surface area contributed by atoms with Crippen molar-refractivity contribution in [1.82, 2.24) is 0 Å². The van der Waals surface area contributed by atoms with E-state index in [0.717, 1.165) is 0 Å². The monoisotopic (exact) mass is 181 g/mol. The lowest BCUT2D eigenvalue weighted by atomic mass is 10.6. The summed E-state index contributed by atoms with van der Waals surface area (Å²) in [6, 6.07) is 1.85. The average Bonchev–Trinajstić information content (AvgIpc) is 1.84. The molecule has 3 nitrogen and oxygen atoms in total. The van der Waals surface area contributed by atoms with E-state index in [1.165, 1.54) is 0 Å². The van der Waals surface area contributed by atoms with Crippen LogP contribution in [0.4, 0.5) is 0 Å². The molecule has 0 aromatic rings. The van der Waals surface area contributed by atoms with Crippen molar-refractivity contribution in [3.05, 3.63) is 0 Å². The van der Waals surface area contributed by atoms with Crippen LogP contribution in [0, 0.1) is 11.3 Å². The quantitative estimate of drug-likeness (QED) is 0.626. The number of nitriles is 1. The molecule has 0 aliphatic carbocycles. The molecular weight excluding hydrogens is 172 g/mol. The molecule has 0 spiro atoms. The number of hydrogen-bond donors (Lipinski definition) is 0. The second-order valence-electron chi connectivity index (χ2n) is 1.64. The zero-order valence-corrected chi connectivity index (χ0v) is 7.36. The number of halogens is 1. The van der Waals surface area contributed by atoms with Gasteiger partial charge in [-0.2, -0.15) is 5.26 Å². The topological polar surface area (TPSA) is 50.1 Å². The first kappa shape index (κ1) is 9.97. The van der Waals surface area contributed by atoms with Gasteiger partial charge in [0.05, 0.1) is 18.8 Å². The van der Waals surface area contributed by atoms with Crippen LogP contribution in [-0.2, 0) is 9.09 Å². The molecule has 0 heterocycles. The molecule has 0 saturated carbocycles. The highest BCUT2D eigenvalue weighted by Crippen LogP contribution is 2.52. The van der Waals surface area contributed by atoms with Gasteiger partial charge in [0.2, 0.25) is 0 Å². The van der Waals surface area contributed by atoms with Gasteiger partial charge in [0.1, 0.15) is 0 Å². The van der Waals surface area contributed by atoms with Crippen molar-refractivity contribution in [2.45, 2.75) is 13.3 Å². The summed E-state index contributed by atoms with van der Waals surface area (Å²) in [6.07, 6.45) is 0.319. The smallest absolute Gasteiger partial charge is 0.291 e. The number of nitrogens with zero attached hydrogens (tertiary/aromatic N) is 1.